The SMILES string of the molecule is O=C(c1n[nH]c2cc(Cl)ccc12)N1C2CC3CN(CCC31)C2. The third-order valence-corrected chi connectivity index (χ3v) is 5.77. The minimum absolute atomic E-state index is 0.0785. The molecule has 3 bridgehead atoms. The maximum absolute atomic E-state index is 13.1. The number of rotatable bonds is 1. The molecule has 2 aromatic rings. The Bertz CT molecular complexity index is 773. The monoisotopic (exact) mass is 316 g/mol. The number of carbonyl (C=O) groups is 1. The zero-order valence-corrected chi connectivity index (χ0v) is 12.9. The average molecular weight is 317 g/mol. The Morgan fingerprint density at radius 3 is 3.18 bits per heavy atom. The van der Waals surface area contributed by atoms with Crippen molar-refractivity contribution < 1.29 is 4.79 Å². The lowest BCUT2D eigenvalue weighted by atomic mass is 9.89. The van der Waals surface area contributed by atoms with E-state index in [0.29, 0.717) is 28.7 Å². The van der Waals surface area contributed by atoms with Crippen LogP contribution in [0.25, 0.3) is 10.9 Å². The number of nitrogens with one attached hydrogen (secondary N) is 1. The van der Waals surface area contributed by atoms with Gasteiger partial charge in [0.05, 0.1) is 5.52 Å². The van der Waals surface area contributed by atoms with Gasteiger partial charge in [-0.3, -0.25) is 9.89 Å². The van der Waals surface area contributed by atoms with Crippen LogP contribution >= 0.6 is 11.6 Å². The van der Waals surface area contributed by atoms with Gasteiger partial charge < -0.3 is 9.80 Å². The van der Waals surface area contributed by atoms with Crippen LogP contribution in [0.2, 0.25) is 5.02 Å². The number of piperidine rings is 2. The van der Waals surface area contributed by atoms with Crippen LogP contribution in [0.5, 0.6) is 0 Å². The van der Waals surface area contributed by atoms with Crippen LogP contribution in [0.4, 0.5) is 0 Å². The Kier molecular flexibility index (Phi) is 2.62. The van der Waals surface area contributed by atoms with Gasteiger partial charge in [-0.05, 0) is 37.0 Å². The van der Waals surface area contributed by atoms with Crippen molar-refractivity contribution in [2.45, 2.75) is 24.9 Å². The van der Waals surface area contributed by atoms with Gasteiger partial charge in [0.15, 0.2) is 5.69 Å². The molecule has 5 rings (SSSR count). The average Bonchev–Trinajstić information content (AvgIpc) is 2.98. The van der Waals surface area contributed by atoms with Gasteiger partial charge >= 0.3 is 0 Å². The number of aromatic nitrogens is 2. The minimum Gasteiger partial charge on any atom is -0.330 e. The van der Waals surface area contributed by atoms with Crippen LogP contribution in [0.3, 0.4) is 0 Å². The van der Waals surface area contributed by atoms with Crippen molar-refractivity contribution in [3.05, 3.63) is 28.9 Å². The normalized spacial score (nSPS) is 32.9. The number of carbonyl (C=O) groups excluding carboxylic acids is 1. The molecular formula is C16H17ClN4O. The molecule has 114 valence electrons. The van der Waals surface area contributed by atoms with E-state index in [2.05, 4.69) is 20.0 Å². The topological polar surface area (TPSA) is 52.2 Å². The summed E-state index contributed by atoms with van der Waals surface area (Å²) in [4.78, 5) is 17.8. The molecule has 4 unspecified atom stereocenters. The van der Waals surface area contributed by atoms with Crippen LogP contribution in [0.15, 0.2) is 18.2 Å². The van der Waals surface area contributed by atoms with Crippen LogP contribution in [-0.2, 0) is 0 Å². The summed E-state index contributed by atoms with van der Waals surface area (Å²) in [6.45, 7) is 3.30. The number of halogens is 1. The second kappa shape index (κ2) is 4.46. The zero-order chi connectivity index (χ0) is 14.8. The molecule has 22 heavy (non-hydrogen) atoms. The third-order valence-electron chi connectivity index (χ3n) is 5.53. The third kappa shape index (κ3) is 1.69. The van der Waals surface area contributed by atoms with E-state index in [9.17, 15) is 4.79 Å². The highest BCUT2D eigenvalue weighted by Gasteiger charge is 2.50. The number of nitrogens with zero attached hydrogens (tertiary/aromatic N) is 3. The minimum atomic E-state index is 0.0785. The number of likely N-dealkylation sites (tertiary alicyclic amines) is 1. The van der Waals surface area contributed by atoms with E-state index < -0.39 is 0 Å². The molecule has 3 saturated heterocycles. The summed E-state index contributed by atoms with van der Waals surface area (Å²) in [5.74, 6) is 0.728. The number of H-pyrrole nitrogens is 1. The van der Waals surface area contributed by atoms with E-state index in [-0.39, 0.29) is 5.91 Å². The molecule has 1 aromatic heterocycles. The number of aromatic amines is 1. The van der Waals surface area contributed by atoms with E-state index in [1.165, 1.54) is 0 Å². The molecule has 3 fully saturated rings. The zero-order valence-electron chi connectivity index (χ0n) is 12.1. The maximum atomic E-state index is 13.1. The van der Waals surface area contributed by atoms with Crippen LogP contribution < -0.4 is 0 Å². The van der Waals surface area contributed by atoms with Gasteiger partial charge in [0.25, 0.3) is 5.91 Å². The summed E-state index contributed by atoms with van der Waals surface area (Å²) in [7, 11) is 0. The Morgan fingerprint density at radius 2 is 2.27 bits per heavy atom. The molecule has 4 atom stereocenters. The van der Waals surface area contributed by atoms with Gasteiger partial charge in [-0.25, -0.2) is 0 Å². The molecule has 4 heterocycles. The Labute approximate surface area is 133 Å². The molecule has 0 radical (unpaired) electrons. The molecule has 0 aliphatic carbocycles. The second-order valence-electron chi connectivity index (χ2n) is 6.74. The fourth-order valence-electron chi connectivity index (χ4n) is 4.65. The molecule has 3 aliphatic rings. The summed E-state index contributed by atoms with van der Waals surface area (Å²) in [5.41, 5.74) is 1.36. The van der Waals surface area contributed by atoms with E-state index in [0.717, 1.165) is 43.4 Å². The van der Waals surface area contributed by atoms with E-state index in [4.69, 9.17) is 11.6 Å². The van der Waals surface area contributed by atoms with Gasteiger partial charge in [0.1, 0.15) is 0 Å². The fourth-order valence-corrected chi connectivity index (χ4v) is 4.82. The van der Waals surface area contributed by atoms with Gasteiger partial charge in [-0.1, -0.05) is 11.6 Å². The van der Waals surface area contributed by atoms with Gasteiger partial charge in [-0.2, -0.15) is 5.10 Å². The number of benzene rings is 1. The summed E-state index contributed by atoms with van der Waals surface area (Å²) >= 11 is 6.01. The highest BCUT2D eigenvalue weighted by Crippen LogP contribution is 2.41. The molecule has 1 amide bonds. The van der Waals surface area contributed by atoms with Crippen molar-refractivity contribution in [3.63, 3.8) is 0 Å². The first-order valence-corrected chi connectivity index (χ1v) is 8.27. The summed E-state index contributed by atoms with van der Waals surface area (Å²) in [6, 6.07) is 6.28. The Balaban J connectivity index is 1.56. The lowest BCUT2D eigenvalue weighted by Crippen LogP contribution is -2.44. The molecule has 3 aliphatic heterocycles. The van der Waals surface area contributed by atoms with Crippen LogP contribution in [0, 0.1) is 5.92 Å². The fraction of sp³-hybridized carbons (Fsp3) is 0.500. The van der Waals surface area contributed by atoms with Crippen molar-refractivity contribution in [1.82, 2.24) is 20.0 Å². The molecule has 0 spiro atoms. The molecule has 5 nitrogen and oxygen atoms in total. The van der Waals surface area contributed by atoms with Crippen molar-refractivity contribution >= 4 is 28.4 Å². The first kappa shape index (κ1) is 12.9. The lowest BCUT2D eigenvalue weighted by molar-refractivity contribution is 0.0668. The highest BCUT2D eigenvalue weighted by molar-refractivity contribution is 6.31. The predicted molar refractivity (Wildman–Crippen MR) is 84.0 cm³/mol. The number of fused-ring (bicyclic) bond motifs is 3. The largest absolute Gasteiger partial charge is 0.330 e. The lowest BCUT2D eigenvalue weighted by Gasteiger charge is -2.35. The van der Waals surface area contributed by atoms with E-state index in [1.54, 1.807) is 0 Å². The quantitative estimate of drug-likeness (QED) is 0.877. The maximum Gasteiger partial charge on any atom is 0.275 e. The van der Waals surface area contributed by atoms with Gasteiger partial charge in [-0.15, -0.1) is 0 Å². The number of hydrogen-bond donors (Lipinski definition) is 1. The second-order valence-corrected chi connectivity index (χ2v) is 7.18. The summed E-state index contributed by atoms with van der Waals surface area (Å²) in [6.07, 6.45) is 2.25. The first-order valence-electron chi connectivity index (χ1n) is 7.89. The molecular weight excluding hydrogens is 300 g/mol. The standard InChI is InChI=1S/C16H17ClN4O/c17-10-1-2-12-13(6-10)18-19-15(12)16(22)21-11-5-9-7-20(8-11)4-3-14(9)21/h1-2,6,9,11,14H,3-5,7-8H2,(H,18,19). The summed E-state index contributed by atoms with van der Waals surface area (Å²) in [5, 5.41) is 8.75. The number of hydrogen-bond acceptors (Lipinski definition) is 3. The highest BCUT2D eigenvalue weighted by atomic mass is 35.5. The number of amides is 1. The van der Waals surface area contributed by atoms with E-state index in [1.807, 2.05) is 18.2 Å². The Morgan fingerprint density at radius 1 is 1.36 bits per heavy atom. The molecule has 0 saturated carbocycles. The van der Waals surface area contributed by atoms with Crippen molar-refractivity contribution in [2.24, 2.45) is 5.92 Å². The summed E-state index contributed by atoms with van der Waals surface area (Å²) < 4.78 is 0. The van der Waals surface area contributed by atoms with Crippen molar-refractivity contribution in [2.75, 3.05) is 19.6 Å². The van der Waals surface area contributed by atoms with Crippen molar-refractivity contribution in [1.29, 1.82) is 0 Å². The van der Waals surface area contributed by atoms with E-state index >= 15 is 0 Å². The Hall–Kier alpha value is -1.59. The molecule has 6 heteroatoms. The van der Waals surface area contributed by atoms with Gasteiger partial charge in [0, 0.05) is 42.1 Å². The predicted octanol–water partition coefficient (Wildman–Crippen LogP) is 2.13. The van der Waals surface area contributed by atoms with Crippen molar-refractivity contribution in [3.8, 4) is 0 Å². The molecule has 1 aromatic carbocycles. The van der Waals surface area contributed by atoms with Crippen LogP contribution in [0.1, 0.15) is 23.3 Å². The molecule has 1 N–H and O–H groups in total. The van der Waals surface area contributed by atoms with Crippen LogP contribution in [-0.4, -0.2) is 57.6 Å². The smallest absolute Gasteiger partial charge is 0.275 e. The van der Waals surface area contributed by atoms with Gasteiger partial charge in [0.2, 0.25) is 0 Å². The first-order chi connectivity index (χ1) is 10.7.